The number of rotatable bonds is 5. The van der Waals surface area contributed by atoms with Gasteiger partial charge in [0.1, 0.15) is 0 Å². The van der Waals surface area contributed by atoms with Crippen molar-refractivity contribution in [1.82, 2.24) is 5.32 Å². The van der Waals surface area contributed by atoms with Crippen molar-refractivity contribution in [1.29, 1.82) is 0 Å². The molecule has 0 unspecified atom stereocenters. The molecule has 80 valence electrons. The van der Waals surface area contributed by atoms with E-state index in [0.717, 1.165) is 0 Å². The quantitative estimate of drug-likeness (QED) is 0.714. The zero-order valence-corrected chi connectivity index (χ0v) is 8.41. The van der Waals surface area contributed by atoms with E-state index in [4.69, 9.17) is 0 Å². The fourth-order valence-electron chi connectivity index (χ4n) is 1.52. The first kappa shape index (κ1) is 12.8. The third-order valence-electron chi connectivity index (χ3n) is 1.82. The molecule has 0 amide bonds. The van der Waals surface area contributed by atoms with Crippen LogP contribution in [0.5, 0.6) is 0 Å². The predicted octanol–water partition coefficient (Wildman–Crippen LogP) is 2.82. The molecular formula is C9H18F3N. The largest absolute Gasteiger partial charge is 0.389 e. The molecule has 0 radical (unpaired) electrons. The molecule has 0 aliphatic heterocycles. The summed E-state index contributed by atoms with van der Waals surface area (Å²) in [6.07, 6.45) is -4.08. The maximum atomic E-state index is 12.1. The number of halogens is 3. The Morgan fingerprint density at radius 1 is 1.23 bits per heavy atom. The molecule has 4 heteroatoms. The highest BCUT2D eigenvalue weighted by molar-refractivity contribution is 4.67. The van der Waals surface area contributed by atoms with Crippen molar-refractivity contribution in [2.75, 3.05) is 13.6 Å². The second-order valence-electron chi connectivity index (χ2n) is 3.87. The Labute approximate surface area is 77.7 Å². The maximum absolute atomic E-state index is 12.1. The van der Waals surface area contributed by atoms with E-state index in [1.807, 2.05) is 13.8 Å². The maximum Gasteiger partial charge on any atom is 0.389 e. The Morgan fingerprint density at radius 2 is 1.77 bits per heavy atom. The van der Waals surface area contributed by atoms with E-state index in [-0.39, 0.29) is 5.92 Å². The van der Waals surface area contributed by atoms with Crippen LogP contribution in [-0.2, 0) is 0 Å². The Morgan fingerprint density at radius 3 is 2.08 bits per heavy atom. The third kappa shape index (κ3) is 8.09. The lowest BCUT2D eigenvalue weighted by Crippen LogP contribution is -2.25. The van der Waals surface area contributed by atoms with E-state index in [1.165, 1.54) is 0 Å². The van der Waals surface area contributed by atoms with E-state index in [9.17, 15) is 13.2 Å². The van der Waals surface area contributed by atoms with Gasteiger partial charge in [0.2, 0.25) is 0 Å². The highest BCUT2D eigenvalue weighted by Crippen LogP contribution is 2.27. The van der Waals surface area contributed by atoms with E-state index in [2.05, 4.69) is 5.32 Å². The summed E-state index contributed by atoms with van der Waals surface area (Å²) >= 11 is 0. The Kier molecular flexibility index (Phi) is 5.37. The first-order chi connectivity index (χ1) is 5.85. The molecule has 1 atom stereocenters. The Bertz CT molecular complexity index is 131. The average molecular weight is 197 g/mol. The summed E-state index contributed by atoms with van der Waals surface area (Å²) in [4.78, 5) is 0. The van der Waals surface area contributed by atoms with Gasteiger partial charge >= 0.3 is 6.18 Å². The second-order valence-corrected chi connectivity index (χ2v) is 3.87. The first-order valence-electron chi connectivity index (χ1n) is 4.56. The molecule has 0 aliphatic rings. The van der Waals surface area contributed by atoms with E-state index in [1.54, 1.807) is 7.05 Å². The highest BCUT2D eigenvalue weighted by Gasteiger charge is 2.31. The molecule has 0 spiro atoms. The summed E-state index contributed by atoms with van der Waals surface area (Å²) in [5.74, 6) is 0.0331. The minimum Gasteiger partial charge on any atom is -0.319 e. The lowest BCUT2D eigenvalue weighted by atomic mass is 9.94. The molecule has 1 nitrogen and oxygen atoms in total. The monoisotopic (exact) mass is 197 g/mol. The lowest BCUT2D eigenvalue weighted by molar-refractivity contribution is -0.145. The lowest BCUT2D eigenvalue weighted by Gasteiger charge is -2.19. The molecule has 0 aromatic rings. The third-order valence-corrected chi connectivity index (χ3v) is 1.82. The summed E-state index contributed by atoms with van der Waals surface area (Å²) in [5.41, 5.74) is 0. The van der Waals surface area contributed by atoms with Gasteiger partial charge in [-0.15, -0.1) is 0 Å². The van der Waals surface area contributed by atoms with Crippen LogP contribution in [0.1, 0.15) is 26.7 Å². The molecule has 0 aromatic carbocycles. The molecule has 0 saturated carbocycles. The molecule has 1 N–H and O–H groups in total. The van der Waals surface area contributed by atoms with Crippen molar-refractivity contribution in [3.63, 3.8) is 0 Å². The normalized spacial score (nSPS) is 15.0. The predicted molar refractivity (Wildman–Crippen MR) is 47.5 cm³/mol. The van der Waals surface area contributed by atoms with Gasteiger partial charge in [-0.2, -0.15) is 13.2 Å². The van der Waals surface area contributed by atoms with Crippen LogP contribution in [0.25, 0.3) is 0 Å². The van der Waals surface area contributed by atoms with Gasteiger partial charge in [0.05, 0.1) is 0 Å². The minimum absolute atomic E-state index is 0.287. The zero-order valence-electron chi connectivity index (χ0n) is 8.41. The number of hydrogen-bond acceptors (Lipinski definition) is 1. The van der Waals surface area contributed by atoms with E-state index in [0.29, 0.717) is 18.9 Å². The van der Waals surface area contributed by atoms with E-state index >= 15 is 0 Å². The summed E-state index contributed by atoms with van der Waals surface area (Å²) in [7, 11) is 1.68. The highest BCUT2D eigenvalue weighted by atomic mass is 19.4. The summed E-state index contributed by atoms with van der Waals surface area (Å²) in [6, 6.07) is 0. The van der Waals surface area contributed by atoms with Crippen molar-refractivity contribution >= 4 is 0 Å². The fraction of sp³-hybridized carbons (Fsp3) is 1.00. The van der Waals surface area contributed by atoms with Gasteiger partial charge in [0.25, 0.3) is 0 Å². The zero-order chi connectivity index (χ0) is 10.5. The smallest absolute Gasteiger partial charge is 0.319 e. The number of nitrogens with one attached hydrogen (secondary N) is 1. The molecule has 0 heterocycles. The average Bonchev–Trinajstić information content (AvgIpc) is 1.81. The summed E-state index contributed by atoms with van der Waals surface area (Å²) in [6.45, 7) is 4.33. The van der Waals surface area contributed by atoms with Crippen LogP contribution in [0.15, 0.2) is 0 Å². The van der Waals surface area contributed by atoms with Crippen LogP contribution in [0.4, 0.5) is 13.2 Å². The fourth-order valence-corrected chi connectivity index (χ4v) is 1.52. The molecular weight excluding hydrogens is 179 g/mol. The van der Waals surface area contributed by atoms with Crippen LogP contribution in [0.2, 0.25) is 0 Å². The Balaban J connectivity index is 3.94. The van der Waals surface area contributed by atoms with Gasteiger partial charge in [-0.3, -0.25) is 0 Å². The second kappa shape index (κ2) is 5.47. The molecule has 0 bridgehead atoms. The SMILES string of the molecule is CNC[C@H](CC(C)C)CC(F)(F)F. The van der Waals surface area contributed by atoms with Gasteiger partial charge in [-0.1, -0.05) is 13.8 Å². The van der Waals surface area contributed by atoms with E-state index < -0.39 is 12.6 Å². The topological polar surface area (TPSA) is 12.0 Å². The van der Waals surface area contributed by atoms with Gasteiger partial charge < -0.3 is 5.32 Å². The van der Waals surface area contributed by atoms with Gasteiger partial charge in [0, 0.05) is 6.42 Å². The van der Waals surface area contributed by atoms with Crippen LogP contribution >= 0.6 is 0 Å². The number of hydrogen-bond donors (Lipinski definition) is 1. The molecule has 0 aliphatic carbocycles. The minimum atomic E-state index is -4.03. The molecule has 13 heavy (non-hydrogen) atoms. The molecule has 0 saturated heterocycles. The standard InChI is InChI=1S/C9H18F3N/c1-7(2)4-8(6-13-3)5-9(10,11)12/h7-8,13H,4-6H2,1-3H3/t8-/m1/s1. The first-order valence-corrected chi connectivity index (χ1v) is 4.56. The molecule has 0 fully saturated rings. The van der Waals surface area contributed by atoms with Crippen molar-refractivity contribution in [2.45, 2.75) is 32.9 Å². The van der Waals surface area contributed by atoms with Crippen molar-refractivity contribution in [3.8, 4) is 0 Å². The number of alkyl halides is 3. The van der Waals surface area contributed by atoms with Crippen LogP contribution in [-0.4, -0.2) is 19.8 Å². The summed E-state index contributed by atoms with van der Waals surface area (Å²) in [5, 5.41) is 2.80. The van der Waals surface area contributed by atoms with Crippen molar-refractivity contribution < 1.29 is 13.2 Å². The van der Waals surface area contributed by atoms with Gasteiger partial charge in [0.15, 0.2) is 0 Å². The Hall–Kier alpha value is -0.250. The van der Waals surface area contributed by atoms with Crippen LogP contribution in [0.3, 0.4) is 0 Å². The van der Waals surface area contributed by atoms with Crippen molar-refractivity contribution in [3.05, 3.63) is 0 Å². The molecule has 0 aromatic heterocycles. The summed E-state index contributed by atoms with van der Waals surface area (Å²) < 4.78 is 36.2. The van der Waals surface area contributed by atoms with Crippen LogP contribution in [0, 0.1) is 11.8 Å². The van der Waals surface area contributed by atoms with Gasteiger partial charge in [-0.05, 0) is 31.8 Å². The van der Waals surface area contributed by atoms with Crippen molar-refractivity contribution in [2.24, 2.45) is 11.8 Å². The van der Waals surface area contributed by atoms with Crippen LogP contribution < -0.4 is 5.32 Å². The van der Waals surface area contributed by atoms with Gasteiger partial charge in [-0.25, -0.2) is 0 Å². The molecule has 0 rings (SSSR count).